The fraction of sp³-hybridized carbons (Fsp3) is 0.267. The molecule has 0 aliphatic carbocycles. The van der Waals surface area contributed by atoms with Crippen molar-refractivity contribution in [1.29, 1.82) is 5.26 Å². The molecule has 1 heterocycles. The fourth-order valence-corrected chi connectivity index (χ4v) is 2.46. The molecule has 0 saturated carbocycles. The van der Waals surface area contributed by atoms with Crippen molar-refractivity contribution in [2.75, 3.05) is 19.1 Å². The van der Waals surface area contributed by atoms with E-state index in [9.17, 15) is 4.79 Å². The van der Waals surface area contributed by atoms with Gasteiger partial charge in [-0.1, -0.05) is 6.08 Å². The summed E-state index contributed by atoms with van der Waals surface area (Å²) in [5.74, 6) is -0.624. The van der Waals surface area contributed by atoms with Gasteiger partial charge in [0.1, 0.15) is 16.0 Å². The normalized spacial score (nSPS) is 15.6. The lowest BCUT2D eigenvalue weighted by Crippen LogP contribution is -2.12. The van der Waals surface area contributed by atoms with Crippen molar-refractivity contribution in [2.24, 2.45) is 5.10 Å². The van der Waals surface area contributed by atoms with Crippen molar-refractivity contribution in [1.82, 2.24) is 5.01 Å². The number of carbonyl (C=O) groups is 1. The first-order valence-corrected chi connectivity index (χ1v) is 8.91. The second-order valence-corrected chi connectivity index (χ2v) is 5.67. The molecular formula is C15H17N3O2S2. The molecule has 7 heteroatoms. The lowest BCUT2D eigenvalue weighted by molar-refractivity contribution is -0.138. The zero-order valence-corrected chi connectivity index (χ0v) is 14.3. The molecule has 0 radical (unpaired) electrons. The van der Waals surface area contributed by atoms with Crippen molar-refractivity contribution in [3.8, 4) is 6.07 Å². The van der Waals surface area contributed by atoms with Crippen molar-refractivity contribution >= 4 is 33.9 Å². The van der Waals surface area contributed by atoms with Crippen LogP contribution in [0.4, 0.5) is 0 Å². The smallest absolute Gasteiger partial charge is 0.348 e. The van der Waals surface area contributed by atoms with E-state index in [0.717, 1.165) is 10.1 Å². The Morgan fingerprint density at radius 3 is 2.77 bits per heavy atom. The van der Waals surface area contributed by atoms with Gasteiger partial charge in [-0.2, -0.15) is 10.4 Å². The average molecular weight is 335 g/mol. The van der Waals surface area contributed by atoms with Crippen molar-refractivity contribution in [3.05, 3.63) is 47.9 Å². The number of carbonyl (C=O) groups excluding carboxylic acids is 1. The van der Waals surface area contributed by atoms with E-state index in [1.807, 2.05) is 43.0 Å². The van der Waals surface area contributed by atoms with Crippen LogP contribution in [-0.4, -0.2) is 34.5 Å². The lowest BCUT2D eigenvalue weighted by atomic mass is 10.2. The molecule has 1 aliphatic rings. The number of ether oxygens (including phenoxy) is 1. The minimum Gasteiger partial charge on any atom is -0.462 e. The summed E-state index contributed by atoms with van der Waals surface area (Å²) in [6.07, 6.45) is 14.4. The first-order valence-electron chi connectivity index (χ1n) is 6.46. The van der Waals surface area contributed by atoms with Gasteiger partial charge < -0.3 is 4.74 Å². The molecule has 0 aromatic carbocycles. The average Bonchev–Trinajstić information content (AvgIpc) is 2.54. The van der Waals surface area contributed by atoms with Crippen LogP contribution in [0.15, 0.2) is 53.0 Å². The van der Waals surface area contributed by atoms with Gasteiger partial charge >= 0.3 is 5.97 Å². The molecule has 1 rings (SSSR count). The van der Waals surface area contributed by atoms with Crippen LogP contribution < -0.4 is 0 Å². The standard InChI is InChI=1S/C15H17N3O2S2/c1-4-20-14(19)12(11-16)8-9-13-7-5-6-10-18(13)17-15(21-2)22-3/h5-10H,4H2,1-3H3. The van der Waals surface area contributed by atoms with E-state index >= 15 is 0 Å². The number of hydrogen-bond donors (Lipinski definition) is 0. The molecular weight excluding hydrogens is 318 g/mol. The minimum absolute atomic E-state index is 0.0452. The van der Waals surface area contributed by atoms with Crippen molar-refractivity contribution < 1.29 is 9.53 Å². The fourth-order valence-electron chi connectivity index (χ4n) is 1.45. The van der Waals surface area contributed by atoms with Gasteiger partial charge in [-0.3, -0.25) is 0 Å². The molecule has 22 heavy (non-hydrogen) atoms. The molecule has 116 valence electrons. The third kappa shape index (κ3) is 5.47. The first kappa shape index (κ1) is 18.1. The van der Waals surface area contributed by atoms with Gasteiger partial charge in [0.25, 0.3) is 0 Å². The predicted molar refractivity (Wildman–Crippen MR) is 93.0 cm³/mol. The highest BCUT2D eigenvalue weighted by atomic mass is 32.2. The van der Waals surface area contributed by atoms with Gasteiger partial charge in [0.15, 0.2) is 0 Å². The third-order valence-electron chi connectivity index (χ3n) is 2.45. The van der Waals surface area contributed by atoms with Crippen LogP contribution in [0.1, 0.15) is 6.92 Å². The number of esters is 1. The van der Waals surface area contributed by atoms with Crippen LogP contribution in [-0.2, 0) is 9.53 Å². The summed E-state index contributed by atoms with van der Waals surface area (Å²) in [5, 5.41) is 15.2. The van der Waals surface area contributed by atoms with E-state index in [0.29, 0.717) is 0 Å². The molecule has 0 fully saturated rings. The maximum absolute atomic E-state index is 11.6. The van der Waals surface area contributed by atoms with E-state index < -0.39 is 5.97 Å². The molecule has 0 amide bonds. The van der Waals surface area contributed by atoms with Gasteiger partial charge in [0.05, 0.1) is 12.3 Å². The number of nitriles is 1. The van der Waals surface area contributed by atoms with Crippen LogP contribution in [0, 0.1) is 11.3 Å². The molecule has 0 N–H and O–H groups in total. The highest BCUT2D eigenvalue weighted by Crippen LogP contribution is 2.18. The van der Waals surface area contributed by atoms with E-state index in [2.05, 4.69) is 5.10 Å². The van der Waals surface area contributed by atoms with Crippen LogP contribution in [0.2, 0.25) is 0 Å². The molecule has 0 aromatic heterocycles. The number of hydrazone groups is 1. The Labute approximate surface area is 139 Å². The minimum atomic E-state index is -0.624. The molecule has 0 saturated heterocycles. The number of hydrogen-bond acceptors (Lipinski definition) is 7. The Morgan fingerprint density at radius 1 is 1.45 bits per heavy atom. The Bertz CT molecular complexity index is 592. The van der Waals surface area contributed by atoms with E-state index in [1.54, 1.807) is 41.5 Å². The van der Waals surface area contributed by atoms with Gasteiger partial charge in [-0.25, -0.2) is 9.80 Å². The predicted octanol–water partition coefficient (Wildman–Crippen LogP) is 3.27. The van der Waals surface area contributed by atoms with Crippen LogP contribution >= 0.6 is 23.5 Å². The molecule has 0 unspecified atom stereocenters. The number of nitrogens with zero attached hydrogens (tertiary/aromatic N) is 3. The summed E-state index contributed by atoms with van der Waals surface area (Å²) in [6.45, 7) is 1.93. The van der Waals surface area contributed by atoms with E-state index in [4.69, 9.17) is 10.00 Å². The van der Waals surface area contributed by atoms with Crippen LogP contribution in [0.25, 0.3) is 0 Å². The highest BCUT2D eigenvalue weighted by molar-refractivity contribution is 8.38. The van der Waals surface area contributed by atoms with Crippen molar-refractivity contribution in [2.45, 2.75) is 6.92 Å². The zero-order chi connectivity index (χ0) is 16.4. The summed E-state index contributed by atoms with van der Waals surface area (Å²) < 4.78 is 5.73. The lowest BCUT2D eigenvalue weighted by Gasteiger charge is -2.18. The Hall–Kier alpha value is -1.91. The highest BCUT2D eigenvalue weighted by Gasteiger charge is 2.10. The SMILES string of the molecule is CCOC(=O)C(C#N)=CC=C1C=CC=CN1N=C(SC)SC. The third-order valence-corrected chi connectivity index (χ3v) is 4.31. The largest absolute Gasteiger partial charge is 0.462 e. The second kappa shape index (κ2) is 9.92. The Morgan fingerprint density at radius 2 is 2.18 bits per heavy atom. The van der Waals surface area contributed by atoms with E-state index in [-0.39, 0.29) is 12.2 Å². The van der Waals surface area contributed by atoms with E-state index in [1.165, 1.54) is 6.08 Å². The second-order valence-electron chi connectivity index (χ2n) is 3.82. The molecule has 0 atom stereocenters. The maximum Gasteiger partial charge on any atom is 0.348 e. The van der Waals surface area contributed by atoms with Gasteiger partial charge in [0, 0.05) is 6.20 Å². The van der Waals surface area contributed by atoms with Crippen LogP contribution in [0.3, 0.4) is 0 Å². The summed E-state index contributed by atoms with van der Waals surface area (Å²) >= 11 is 3.10. The molecule has 0 aromatic rings. The Kier molecular flexibility index (Phi) is 8.18. The zero-order valence-electron chi connectivity index (χ0n) is 12.6. The summed E-state index contributed by atoms with van der Waals surface area (Å²) in [7, 11) is 0. The van der Waals surface area contributed by atoms with Crippen molar-refractivity contribution in [3.63, 3.8) is 0 Å². The molecule has 5 nitrogen and oxygen atoms in total. The summed E-state index contributed by atoms with van der Waals surface area (Å²) in [6, 6.07) is 1.84. The van der Waals surface area contributed by atoms with Gasteiger partial charge in [0.2, 0.25) is 0 Å². The summed E-state index contributed by atoms with van der Waals surface area (Å²) in [4.78, 5) is 11.6. The van der Waals surface area contributed by atoms with Crippen LogP contribution in [0.5, 0.6) is 0 Å². The quantitative estimate of drug-likeness (QED) is 0.258. The van der Waals surface area contributed by atoms with Gasteiger partial charge in [-0.15, -0.1) is 23.5 Å². The maximum atomic E-state index is 11.6. The molecule has 1 aliphatic heterocycles. The number of allylic oxidation sites excluding steroid dienone is 5. The molecule has 0 bridgehead atoms. The number of rotatable bonds is 4. The Balaban J connectivity index is 3.03. The molecule has 0 spiro atoms. The van der Waals surface area contributed by atoms with Gasteiger partial charge in [-0.05, 0) is 43.7 Å². The monoisotopic (exact) mass is 335 g/mol. The summed E-state index contributed by atoms with van der Waals surface area (Å²) in [5.41, 5.74) is 0.705. The topological polar surface area (TPSA) is 65.7 Å². The number of thioether (sulfide) groups is 2. The first-order chi connectivity index (χ1) is 10.7.